The maximum Gasteiger partial charge on any atom is 0.258 e. The summed E-state index contributed by atoms with van der Waals surface area (Å²) >= 11 is 3.19. The van der Waals surface area contributed by atoms with Gasteiger partial charge in [-0.05, 0) is 42.5 Å². The minimum Gasteiger partial charge on any atom is -0.319 e. The molecule has 0 atom stereocenters. The van der Waals surface area contributed by atoms with E-state index in [-0.39, 0.29) is 5.69 Å². The number of halogens is 2. The lowest BCUT2D eigenvalue weighted by Gasteiger charge is -2.09. The Morgan fingerprint density at radius 3 is 2.40 bits per heavy atom. The Labute approximate surface area is 150 Å². The maximum absolute atomic E-state index is 14.0. The van der Waals surface area contributed by atoms with Gasteiger partial charge in [-0.3, -0.25) is 4.79 Å². The van der Waals surface area contributed by atoms with Gasteiger partial charge in [-0.2, -0.15) is 0 Å². The van der Waals surface area contributed by atoms with Crippen molar-refractivity contribution in [2.24, 2.45) is 0 Å². The Bertz CT molecular complexity index is 1130. The number of carbonyl (C=O) groups excluding carboxylic acids is 1. The number of fused-ring (bicyclic) bond motifs is 2. The van der Waals surface area contributed by atoms with Crippen LogP contribution in [0.4, 0.5) is 10.1 Å². The first kappa shape index (κ1) is 15.7. The molecule has 0 fully saturated rings. The number of amides is 1. The molecule has 0 aliphatic rings. The van der Waals surface area contributed by atoms with Gasteiger partial charge in [0, 0.05) is 4.47 Å². The third-order valence-corrected chi connectivity index (χ3v) is 4.29. The lowest BCUT2D eigenvalue weighted by Crippen LogP contribution is -2.14. The molecule has 4 nitrogen and oxygen atoms in total. The van der Waals surface area contributed by atoms with Crippen molar-refractivity contribution < 1.29 is 9.18 Å². The molecule has 0 unspecified atom stereocenters. The molecule has 1 N–H and O–H groups in total. The molecule has 0 aliphatic heterocycles. The Morgan fingerprint density at radius 2 is 1.64 bits per heavy atom. The molecular weight excluding hydrogens is 385 g/mol. The van der Waals surface area contributed by atoms with Gasteiger partial charge in [0.25, 0.3) is 5.91 Å². The fourth-order valence-corrected chi connectivity index (χ4v) is 2.94. The van der Waals surface area contributed by atoms with Crippen LogP contribution in [0.25, 0.3) is 22.1 Å². The Balaban J connectivity index is 1.79. The first-order chi connectivity index (χ1) is 12.1. The van der Waals surface area contributed by atoms with E-state index in [0.29, 0.717) is 26.6 Å². The Kier molecular flexibility index (Phi) is 3.89. The fraction of sp³-hybridized carbons (Fsp3) is 0. The third-order valence-electron chi connectivity index (χ3n) is 3.79. The second-order valence-electron chi connectivity index (χ2n) is 5.46. The van der Waals surface area contributed by atoms with Crippen LogP contribution in [0.5, 0.6) is 0 Å². The molecule has 4 rings (SSSR count). The van der Waals surface area contributed by atoms with Crippen molar-refractivity contribution in [2.75, 3.05) is 5.32 Å². The summed E-state index contributed by atoms with van der Waals surface area (Å²) in [5, 5.41) is 2.59. The molecule has 0 saturated heterocycles. The van der Waals surface area contributed by atoms with Crippen molar-refractivity contribution in [3.8, 4) is 0 Å². The van der Waals surface area contributed by atoms with E-state index in [4.69, 9.17) is 0 Å². The zero-order chi connectivity index (χ0) is 17.4. The van der Waals surface area contributed by atoms with E-state index < -0.39 is 11.7 Å². The first-order valence-electron chi connectivity index (χ1n) is 7.54. The monoisotopic (exact) mass is 395 g/mol. The standard InChI is InChI=1S/C19H11BrFN3O/c20-11-8-9-14(13(21)10-11)24-19(25)12-4-3-7-17-18(12)23-16-6-2-1-5-15(16)22-17/h1-10H,(H,24,25). The van der Waals surface area contributed by atoms with Crippen LogP contribution in [-0.2, 0) is 0 Å². The van der Waals surface area contributed by atoms with Gasteiger partial charge in [0.15, 0.2) is 0 Å². The zero-order valence-corrected chi connectivity index (χ0v) is 14.4. The van der Waals surface area contributed by atoms with Gasteiger partial charge in [0.05, 0.1) is 27.8 Å². The quantitative estimate of drug-likeness (QED) is 0.489. The largest absolute Gasteiger partial charge is 0.319 e. The molecule has 6 heteroatoms. The summed E-state index contributed by atoms with van der Waals surface area (Å²) in [6, 6.07) is 17.1. The molecule has 0 aliphatic carbocycles. The maximum atomic E-state index is 14.0. The van der Waals surface area contributed by atoms with Crippen molar-refractivity contribution in [3.05, 3.63) is 76.5 Å². The number of carbonyl (C=O) groups is 1. The second kappa shape index (κ2) is 6.22. The van der Waals surface area contributed by atoms with Crippen LogP contribution in [0.3, 0.4) is 0 Å². The van der Waals surface area contributed by atoms with Gasteiger partial charge in [0.2, 0.25) is 0 Å². The summed E-state index contributed by atoms with van der Waals surface area (Å²) in [6.45, 7) is 0. The van der Waals surface area contributed by atoms with Gasteiger partial charge in [-0.1, -0.05) is 34.1 Å². The average molecular weight is 396 g/mol. The highest BCUT2D eigenvalue weighted by Crippen LogP contribution is 2.23. The summed E-state index contributed by atoms with van der Waals surface area (Å²) in [5.74, 6) is -0.948. The average Bonchev–Trinajstić information content (AvgIpc) is 2.61. The van der Waals surface area contributed by atoms with Gasteiger partial charge < -0.3 is 5.32 Å². The SMILES string of the molecule is O=C(Nc1ccc(Br)cc1F)c1cccc2nc3ccccc3nc12. The van der Waals surface area contributed by atoms with Crippen molar-refractivity contribution in [1.82, 2.24) is 9.97 Å². The van der Waals surface area contributed by atoms with E-state index in [2.05, 4.69) is 31.2 Å². The van der Waals surface area contributed by atoms with Crippen molar-refractivity contribution in [1.29, 1.82) is 0 Å². The normalized spacial score (nSPS) is 11.0. The molecule has 1 aromatic heterocycles. The number of aromatic nitrogens is 2. The van der Waals surface area contributed by atoms with Gasteiger partial charge >= 0.3 is 0 Å². The third kappa shape index (κ3) is 2.96. The molecule has 1 heterocycles. The molecule has 0 saturated carbocycles. The van der Waals surface area contributed by atoms with Crippen LogP contribution in [0.15, 0.2) is 65.1 Å². The number of hydrogen-bond donors (Lipinski definition) is 1. The number of nitrogens with zero attached hydrogens (tertiary/aromatic N) is 2. The van der Waals surface area contributed by atoms with Crippen LogP contribution in [0, 0.1) is 5.82 Å². The van der Waals surface area contributed by atoms with Gasteiger partial charge in [-0.25, -0.2) is 14.4 Å². The molecular formula is C19H11BrFN3O. The van der Waals surface area contributed by atoms with Crippen LogP contribution < -0.4 is 5.32 Å². The van der Waals surface area contributed by atoms with E-state index in [1.165, 1.54) is 12.1 Å². The Morgan fingerprint density at radius 1 is 0.920 bits per heavy atom. The summed E-state index contributed by atoms with van der Waals surface area (Å²) in [4.78, 5) is 21.7. The van der Waals surface area contributed by atoms with Crippen LogP contribution in [0.1, 0.15) is 10.4 Å². The van der Waals surface area contributed by atoms with Crippen LogP contribution >= 0.6 is 15.9 Å². The van der Waals surface area contributed by atoms with Gasteiger partial charge in [0.1, 0.15) is 11.3 Å². The van der Waals surface area contributed by atoms with E-state index in [0.717, 1.165) is 5.52 Å². The molecule has 25 heavy (non-hydrogen) atoms. The fourth-order valence-electron chi connectivity index (χ4n) is 2.61. The van der Waals surface area contributed by atoms with Crippen molar-refractivity contribution >= 4 is 49.6 Å². The topological polar surface area (TPSA) is 54.9 Å². The zero-order valence-electron chi connectivity index (χ0n) is 12.8. The number of nitrogens with one attached hydrogen (secondary N) is 1. The minimum atomic E-state index is -0.514. The minimum absolute atomic E-state index is 0.110. The highest BCUT2D eigenvalue weighted by atomic mass is 79.9. The summed E-state index contributed by atoms with van der Waals surface area (Å²) < 4.78 is 14.6. The summed E-state index contributed by atoms with van der Waals surface area (Å²) in [6.07, 6.45) is 0. The number of hydrogen-bond acceptors (Lipinski definition) is 3. The molecule has 0 spiro atoms. The number of rotatable bonds is 2. The van der Waals surface area contributed by atoms with Crippen LogP contribution in [-0.4, -0.2) is 15.9 Å². The highest BCUT2D eigenvalue weighted by molar-refractivity contribution is 9.10. The van der Waals surface area contributed by atoms with E-state index in [9.17, 15) is 9.18 Å². The number of benzene rings is 3. The molecule has 122 valence electrons. The van der Waals surface area contributed by atoms with E-state index >= 15 is 0 Å². The molecule has 3 aromatic carbocycles. The lowest BCUT2D eigenvalue weighted by atomic mass is 10.1. The molecule has 1 amide bonds. The lowest BCUT2D eigenvalue weighted by molar-refractivity contribution is 0.102. The number of para-hydroxylation sites is 3. The summed E-state index contributed by atoms with van der Waals surface area (Å²) in [5.41, 5.74) is 3.01. The predicted molar refractivity (Wildman–Crippen MR) is 99.1 cm³/mol. The summed E-state index contributed by atoms with van der Waals surface area (Å²) in [7, 11) is 0. The first-order valence-corrected chi connectivity index (χ1v) is 8.33. The van der Waals surface area contributed by atoms with E-state index in [1.54, 1.807) is 24.3 Å². The predicted octanol–water partition coefficient (Wildman–Crippen LogP) is 4.94. The number of anilines is 1. The van der Waals surface area contributed by atoms with Crippen molar-refractivity contribution in [3.63, 3.8) is 0 Å². The van der Waals surface area contributed by atoms with E-state index in [1.807, 2.05) is 24.3 Å². The highest BCUT2D eigenvalue weighted by Gasteiger charge is 2.15. The molecule has 0 bridgehead atoms. The second-order valence-corrected chi connectivity index (χ2v) is 6.38. The Hall–Kier alpha value is -2.86. The van der Waals surface area contributed by atoms with Crippen molar-refractivity contribution in [2.45, 2.75) is 0 Å². The smallest absolute Gasteiger partial charge is 0.258 e. The molecule has 4 aromatic rings. The molecule has 0 radical (unpaired) electrons. The van der Waals surface area contributed by atoms with Crippen LogP contribution in [0.2, 0.25) is 0 Å². The van der Waals surface area contributed by atoms with Gasteiger partial charge in [-0.15, -0.1) is 0 Å².